The molecule has 0 aromatic heterocycles. The summed E-state index contributed by atoms with van der Waals surface area (Å²) in [5, 5.41) is 9.05. The van der Waals surface area contributed by atoms with Gasteiger partial charge in [-0.15, -0.1) is 0 Å². The predicted octanol–water partition coefficient (Wildman–Crippen LogP) is 3.35. The van der Waals surface area contributed by atoms with E-state index in [0.29, 0.717) is 22.6 Å². The predicted molar refractivity (Wildman–Crippen MR) is 78.5 cm³/mol. The Morgan fingerprint density at radius 3 is 2.62 bits per heavy atom. The van der Waals surface area contributed by atoms with E-state index in [1.807, 2.05) is 18.2 Å². The van der Waals surface area contributed by atoms with Crippen LogP contribution in [0.3, 0.4) is 0 Å². The largest absolute Gasteiger partial charge is 0.493 e. The fourth-order valence-electron chi connectivity index (χ4n) is 1.92. The van der Waals surface area contributed by atoms with Crippen molar-refractivity contribution in [3.05, 3.63) is 59.2 Å². The first-order chi connectivity index (χ1) is 10.2. The van der Waals surface area contributed by atoms with E-state index in [2.05, 4.69) is 6.07 Å². The number of ether oxygens (including phenoxy) is 2. The highest BCUT2D eigenvalue weighted by Crippen LogP contribution is 2.29. The van der Waals surface area contributed by atoms with Crippen molar-refractivity contribution in [3.8, 4) is 17.6 Å². The normalized spacial score (nSPS) is 9.76. The highest BCUT2D eigenvalue weighted by atomic mass is 16.5. The molecule has 2 aromatic rings. The van der Waals surface area contributed by atoms with E-state index in [4.69, 9.17) is 14.7 Å². The van der Waals surface area contributed by atoms with Crippen LogP contribution >= 0.6 is 0 Å². The van der Waals surface area contributed by atoms with Crippen LogP contribution in [0.2, 0.25) is 0 Å². The van der Waals surface area contributed by atoms with E-state index in [1.165, 1.54) is 14.0 Å². The van der Waals surface area contributed by atoms with Crippen molar-refractivity contribution in [1.29, 1.82) is 5.26 Å². The summed E-state index contributed by atoms with van der Waals surface area (Å²) in [6, 6.07) is 14.4. The Kier molecular flexibility index (Phi) is 4.57. The van der Waals surface area contributed by atoms with Crippen LogP contribution in [0.15, 0.2) is 42.5 Å². The summed E-state index contributed by atoms with van der Waals surface area (Å²) >= 11 is 0. The van der Waals surface area contributed by atoms with E-state index in [0.717, 1.165) is 5.56 Å². The van der Waals surface area contributed by atoms with Gasteiger partial charge in [0.25, 0.3) is 0 Å². The van der Waals surface area contributed by atoms with Gasteiger partial charge in [-0.25, -0.2) is 0 Å². The fraction of sp³-hybridized carbons (Fsp3) is 0.176. The summed E-state index contributed by atoms with van der Waals surface area (Å²) in [5.74, 6) is 1.00. The van der Waals surface area contributed by atoms with Crippen LogP contribution in [-0.2, 0) is 6.61 Å². The van der Waals surface area contributed by atoms with Crippen LogP contribution in [0, 0.1) is 11.3 Å². The lowest BCUT2D eigenvalue weighted by Gasteiger charge is -2.12. The molecule has 0 bridgehead atoms. The molecule has 4 nitrogen and oxygen atoms in total. The highest BCUT2D eigenvalue weighted by Gasteiger charge is 2.09. The van der Waals surface area contributed by atoms with Gasteiger partial charge >= 0.3 is 0 Å². The summed E-state index contributed by atoms with van der Waals surface area (Å²) in [6.07, 6.45) is 0. The van der Waals surface area contributed by atoms with Crippen molar-refractivity contribution in [3.63, 3.8) is 0 Å². The molecule has 0 N–H and O–H groups in total. The standard InChI is InChI=1S/C17H15NO3/c1-12(19)13-7-8-16(17(9-13)20-2)21-11-15-6-4-3-5-14(15)10-18/h3-9H,11H2,1-2H3. The first-order valence-corrected chi connectivity index (χ1v) is 6.45. The molecule has 4 heteroatoms. The molecule has 2 rings (SSSR count). The third kappa shape index (κ3) is 3.40. The van der Waals surface area contributed by atoms with Gasteiger partial charge < -0.3 is 9.47 Å². The first-order valence-electron chi connectivity index (χ1n) is 6.45. The van der Waals surface area contributed by atoms with Crippen molar-refractivity contribution in [2.75, 3.05) is 7.11 Å². The summed E-state index contributed by atoms with van der Waals surface area (Å²) in [4.78, 5) is 11.4. The Hall–Kier alpha value is -2.80. The second-order valence-corrected chi connectivity index (χ2v) is 4.48. The fourth-order valence-corrected chi connectivity index (χ4v) is 1.92. The van der Waals surface area contributed by atoms with Gasteiger partial charge in [0.1, 0.15) is 6.61 Å². The Bertz CT molecular complexity index is 701. The summed E-state index contributed by atoms with van der Waals surface area (Å²) in [6.45, 7) is 1.76. The minimum atomic E-state index is -0.0327. The summed E-state index contributed by atoms with van der Waals surface area (Å²) in [5.41, 5.74) is 1.95. The molecule has 0 amide bonds. The molecule has 0 heterocycles. The number of hydrogen-bond donors (Lipinski definition) is 0. The Morgan fingerprint density at radius 1 is 1.19 bits per heavy atom. The molecule has 106 valence electrons. The second-order valence-electron chi connectivity index (χ2n) is 4.48. The number of methoxy groups -OCH3 is 1. The van der Waals surface area contributed by atoms with Crippen LogP contribution in [-0.4, -0.2) is 12.9 Å². The van der Waals surface area contributed by atoms with E-state index in [1.54, 1.807) is 24.3 Å². The third-order valence-electron chi connectivity index (χ3n) is 3.09. The minimum absolute atomic E-state index is 0.0327. The average molecular weight is 281 g/mol. The number of benzene rings is 2. The van der Waals surface area contributed by atoms with E-state index < -0.39 is 0 Å². The van der Waals surface area contributed by atoms with Gasteiger partial charge in [0, 0.05) is 11.1 Å². The van der Waals surface area contributed by atoms with Crippen molar-refractivity contribution < 1.29 is 14.3 Å². The molecule has 21 heavy (non-hydrogen) atoms. The highest BCUT2D eigenvalue weighted by molar-refractivity contribution is 5.94. The Morgan fingerprint density at radius 2 is 1.95 bits per heavy atom. The molecule has 0 aliphatic rings. The maximum atomic E-state index is 11.4. The van der Waals surface area contributed by atoms with Crippen LogP contribution in [0.5, 0.6) is 11.5 Å². The first kappa shape index (κ1) is 14.6. The number of carbonyl (C=O) groups excluding carboxylic acids is 1. The number of rotatable bonds is 5. The van der Waals surface area contributed by atoms with E-state index >= 15 is 0 Å². The van der Waals surface area contributed by atoms with E-state index in [-0.39, 0.29) is 12.4 Å². The summed E-state index contributed by atoms with van der Waals surface area (Å²) in [7, 11) is 1.52. The van der Waals surface area contributed by atoms with Gasteiger partial charge in [0.2, 0.25) is 0 Å². The van der Waals surface area contributed by atoms with Crippen molar-refractivity contribution in [2.45, 2.75) is 13.5 Å². The lowest BCUT2D eigenvalue weighted by Crippen LogP contribution is -2.01. The molecule has 2 aromatic carbocycles. The maximum absolute atomic E-state index is 11.4. The number of carbonyl (C=O) groups is 1. The maximum Gasteiger partial charge on any atom is 0.161 e. The number of ketones is 1. The third-order valence-corrected chi connectivity index (χ3v) is 3.09. The van der Waals surface area contributed by atoms with Crippen LogP contribution in [0.25, 0.3) is 0 Å². The topological polar surface area (TPSA) is 59.3 Å². The van der Waals surface area contributed by atoms with Crippen molar-refractivity contribution >= 4 is 5.78 Å². The van der Waals surface area contributed by atoms with Gasteiger partial charge in [-0.3, -0.25) is 4.79 Å². The van der Waals surface area contributed by atoms with Crippen LogP contribution in [0.4, 0.5) is 0 Å². The van der Waals surface area contributed by atoms with Gasteiger partial charge in [-0.2, -0.15) is 5.26 Å². The Balaban J connectivity index is 2.20. The second kappa shape index (κ2) is 6.58. The van der Waals surface area contributed by atoms with Crippen molar-refractivity contribution in [1.82, 2.24) is 0 Å². The number of hydrogen-bond acceptors (Lipinski definition) is 4. The lowest BCUT2D eigenvalue weighted by molar-refractivity contribution is 0.101. The van der Waals surface area contributed by atoms with E-state index in [9.17, 15) is 4.79 Å². The molecular formula is C17H15NO3. The smallest absolute Gasteiger partial charge is 0.161 e. The van der Waals surface area contributed by atoms with Crippen LogP contribution < -0.4 is 9.47 Å². The molecule has 0 atom stereocenters. The molecule has 0 saturated carbocycles. The number of nitrogens with zero attached hydrogens (tertiary/aromatic N) is 1. The molecule has 0 radical (unpaired) electrons. The van der Waals surface area contributed by atoms with Gasteiger partial charge in [-0.05, 0) is 31.2 Å². The van der Waals surface area contributed by atoms with Gasteiger partial charge in [-0.1, -0.05) is 18.2 Å². The van der Waals surface area contributed by atoms with Crippen molar-refractivity contribution in [2.24, 2.45) is 0 Å². The minimum Gasteiger partial charge on any atom is -0.493 e. The molecule has 0 fully saturated rings. The zero-order chi connectivity index (χ0) is 15.2. The van der Waals surface area contributed by atoms with Crippen LogP contribution in [0.1, 0.15) is 28.4 Å². The molecule has 0 aliphatic heterocycles. The Labute approximate surface area is 123 Å². The zero-order valence-electron chi connectivity index (χ0n) is 11.9. The molecular weight excluding hydrogens is 266 g/mol. The SMILES string of the molecule is COc1cc(C(C)=O)ccc1OCc1ccccc1C#N. The lowest BCUT2D eigenvalue weighted by atomic mass is 10.1. The zero-order valence-corrected chi connectivity index (χ0v) is 11.9. The molecule has 0 aliphatic carbocycles. The van der Waals surface area contributed by atoms with Gasteiger partial charge in [0.15, 0.2) is 17.3 Å². The monoisotopic (exact) mass is 281 g/mol. The number of Topliss-reactive ketones (excluding diaryl/α,β-unsaturated/α-hetero) is 1. The summed E-state index contributed by atoms with van der Waals surface area (Å²) < 4.78 is 10.9. The molecule has 0 unspecified atom stereocenters. The quantitative estimate of drug-likeness (QED) is 0.788. The molecule has 0 saturated heterocycles. The van der Waals surface area contributed by atoms with Gasteiger partial charge in [0.05, 0.1) is 18.7 Å². The average Bonchev–Trinajstić information content (AvgIpc) is 2.52. The number of nitriles is 1. The molecule has 0 spiro atoms.